The van der Waals surface area contributed by atoms with Gasteiger partial charge in [-0.25, -0.2) is 0 Å². The average molecular weight is 341 g/mol. The molecule has 1 aliphatic carbocycles. The Morgan fingerprint density at radius 2 is 2.00 bits per heavy atom. The van der Waals surface area contributed by atoms with E-state index >= 15 is 0 Å². The summed E-state index contributed by atoms with van der Waals surface area (Å²) in [5.74, 6) is 1.65. The van der Waals surface area contributed by atoms with E-state index in [2.05, 4.69) is 22.0 Å². The molecule has 0 bridgehead atoms. The highest BCUT2D eigenvalue weighted by molar-refractivity contribution is 9.10. The molecule has 3 heteroatoms. The van der Waals surface area contributed by atoms with E-state index in [1.807, 2.05) is 13.8 Å². The van der Waals surface area contributed by atoms with Crippen LogP contribution in [0.3, 0.4) is 0 Å². The lowest BCUT2D eigenvalue weighted by atomic mass is 9.92. The van der Waals surface area contributed by atoms with Crippen molar-refractivity contribution in [3.63, 3.8) is 0 Å². The molecule has 2 nitrogen and oxygen atoms in total. The number of aliphatic hydroxyl groups excluding tert-OH is 1. The van der Waals surface area contributed by atoms with Gasteiger partial charge in [0.1, 0.15) is 5.75 Å². The zero-order chi connectivity index (χ0) is 14.7. The van der Waals surface area contributed by atoms with Gasteiger partial charge in [-0.05, 0) is 49.8 Å². The molecular formula is C17H25BrO2. The molecule has 1 aromatic carbocycles. The first-order chi connectivity index (χ1) is 9.54. The van der Waals surface area contributed by atoms with Gasteiger partial charge in [-0.15, -0.1) is 0 Å². The predicted octanol–water partition coefficient (Wildman–Crippen LogP) is 5.08. The van der Waals surface area contributed by atoms with Gasteiger partial charge in [0.05, 0.1) is 13.2 Å². The Bertz CT molecular complexity index is 465. The van der Waals surface area contributed by atoms with Crippen LogP contribution in [0.1, 0.15) is 61.3 Å². The van der Waals surface area contributed by atoms with Crippen molar-refractivity contribution in [3.8, 4) is 5.75 Å². The van der Waals surface area contributed by atoms with Crippen molar-refractivity contribution in [3.05, 3.63) is 27.2 Å². The molecule has 112 valence electrons. The lowest BCUT2D eigenvalue weighted by molar-refractivity contribution is 0.152. The summed E-state index contributed by atoms with van der Waals surface area (Å²) in [6, 6.07) is 2.06. The van der Waals surface area contributed by atoms with Crippen molar-refractivity contribution in [2.45, 2.75) is 58.5 Å². The minimum absolute atomic E-state index is 0.429. The number of hydrogen-bond donors (Lipinski definition) is 1. The van der Waals surface area contributed by atoms with Crippen LogP contribution >= 0.6 is 15.9 Å². The molecule has 0 radical (unpaired) electrons. The van der Waals surface area contributed by atoms with E-state index in [1.165, 1.54) is 25.7 Å². The van der Waals surface area contributed by atoms with Gasteiger partial charge in [-0.1, -0.05) is 41.6 Å². The van der Waals surface area contributed by atoms with E-state index in [0.717, 1.165) is 45.7 Å². The first kappa shape index (κ1) is 15.8. The van der Waals surface area contributed by atoms with Gasteiger partial charge < -0.3 is 9.84 Å². The fraction of sp³-hybridized carbons (Fsp3) is 0.647. The predicted molar refractivity (Wildman–Crippen MR) is 86.3 cm³/mol. The van der Waals surface area contributed by atoms with E-state index in [1.54, 1.807) is 7.11 Å². The topological polar surface area (TPSA) is 29.5 Å². The standard InChI is InChI=1S/C17H25BrO2/c1-11-10-14(18)12(2)16(17(11)20-3)15(19)9-8-13-6-4-5-7-13/h10,13,15,19H,4-9H2,1-3H3. The molecule has 2 rings (SSSR count). The molecule has 1 aliphatic rings. The summed E-state index contributed by atoms with van der Waals surface area (Å²) >= 11 is 3.58. The van der Waals surface area contributed by atoms with E-state index in [-0.39, 0.29) is 0 Å². The molecule has 1 aromatic rings. The van der Waals surface area contributed by atoms with Crippen molar-refractivity contribution < 1.29 is 9.84 Å². The Morgan fingerprint density at radius 3 is 2.60 bits per heavy atom. The Morgan fingerprint density at radius 1 is 1.35 bits per heavy atom. The third kappa shape index (κ3) is 3.37. The minimum Gasteiger partial charge on any atom is -0.496 e. The van der Waals surface area contributed by atoms with Gasteiger partial charge in [-0.3, -0.25) is 0 Å². The molecule has 0 aliphatic heterocycles. The van der Waals surface area contributed by atoms with Crippen molar-refractivity contribution in [1.29, 1.82) is 0 Å². The first-order valence-electron chi connectivity index (χ1n) is 7.56. The normalized spacial score (nSPS) is 17.4. The minimum atomic E-state index is -0.429. The van der Waals surface area contributed by atoms with Crippen molar-refractivity contribution in [2.75, 3.05) is 7.11 Å². The fourth-order valence-electron chi connectivity index (χ4n) is 3.38. The molecular weight excluding hydrogens is 316 g/mol. The highest BCUT2D eigenvalue weighted by Crippen LogP contribution is 2.39. The van der Waals surface area contributed by atoms with Crippen LogP contribution in [-0.4, -0.2) is 12.2 Å². The Hall–Kier alpha value is -0.540. The summed E-state index contributed by atoms with van der Waals surface area (Å²) in [6.07, 6.45) is 6.91. The number of ether oxygens (including phenoxy) is 1. The highest BCUT2D eigenvalue weighted by atomic mass is 79.9. The Labute approximate surface area is 130 Å². The zero-order valence-corrected chi connectivity index (χ0v) is 14.3. The van der Waals surface area contributed by atoms with Crippen molar-refractivity contribution >= 4 is 15.9 Å². The van der Waals surface area contributed by atoms with Crippen molar-refractivity contribution in [2.24, 2.45) is 5.92 Å². The van der Waals surface area contributed by atoms with Crippen LogP contribution in [0.25, 0.3) is 0 Å². The molecule has 1 saturated carbocycles. The number of hydrogen-bond acceptors (Lipinski definition) is 2. The SMILES string of the molecule is COc1c(C)cc(Br)c(C)c1C(O)CCC1CCCC1. The van der Waals surface area contributed by atoms with Gasteiger partial charge >= 0.3 is 0 Å². The second-order valence-corrected chi connectivity index (χ2v) is 6.85. The molecule has 20 heavy (non-hydrogen) atoms. The van der Waals surface area contributed by atoms with E-state index in [9.17, 15) is 5.11 Å². The van der Waals surface area contributed by atoms with Crippen LogP contribution in [0.15, 0.2) is 10.5 Å². The number of halogens is 1. The average Bonchev–Trinajstić information content (AvgIpc) is 2.93. The molecule has 0 saturated heterocycles. The second kappa shape index (κ2) is 6.95. The number of benzene rings is 1. The maximum Gasteiger partial charge on any atom is 0.127 e. The molecule has 1 N–H and O–H groups in total. The summed E-state index contributed by atoms with van der Waals surface area (Å²) in [5.41, 5.74) is 3.11. The summed E-state index contributed by atoms with van der Waals surface area (Å²) < 4.78 is 6.57. The molecule has 0 amide bonds. The van der Waals surface area contributed by atoms with Gasteiger partial charge in [0, 0.05) is 10.0 Å². The molecule has 1 fully saturated rings. The Balaban J connectivity index is 2.17. The lowest BCUT2D eigenvalue weighted by Gasteiger charge is -2.21. The molecule has 1 atom stereocenters. The van der Waals surface area contributed by atoms with Crippen LogP contribution in [0.2, 0.25) is 0 Å². The maximum absolute atomic E-state index is 10.6. The number of methoxy groups -OCH3 is 1. The van der Waals surface area contributed by atoms with Crippen LogP contribution < -0.4 is 4.74 Å². The monoisotopic (exact) mass is 340 g/mol. The highest BCUT2D eigenvalue weighted by Gasteiger charge is 2.22. The molecule has 0 aromatic heterocycles. The number of rotatable bonds is 5. The quantitative estimate of drug-likeness (QED) is 0.809. The van der Waals surface area contributed by atoms with Gasteiger partial charge in [0.2, 0.25) is 0 Å². The number of aryl methyl sites for hydroxylation is 1. The second-order valence-electron chi connectivity index (χ2n) is 5.99. The first-order valence-corrected chi connectivity index (χ1v) is 8.35. The summed E-state index contributed by atoms with van der Waals surface area (Å²) in [4.78, 5) is 0. The van der Waals surface area contributed by atoms with E-state index in [4.69, 9.17) is 4.74 Å². The fourth-order valence-corrected chi connectivity index (χ4v) is 3.94. The van der Waals surface area contributed by atoms with Gasteiger partial charge in [-0.2, -0.15) is 0 Å². The zero-order valence-electron chi connectivity index (χ0n) is 12.7. The molecule has 1 unspecified atom stereocenters. The molecule has 0 heterocycles. The molecule has 0 spiro atoms. The van der Waals surface area contributed by atoms with Crippen LogP contribution in [0.5, 0.6) is 5.75 Å². The van der Waals surface area contributed by atoms with E-state index < -0.39 is 6.10 Å². The van der Waals surface area contributed by atoms with Gasteiger partial charge in [0.15, 0.2) is 0 Å². The largest absolute Gasteiger partial charge is 0.496 e. The number of aliphatic hydroxyl groups is 1. The smallest absolute Gasteiger partial charge is 0.127 e. The van der Waals surface area contributed by atoms with Crippen LogP contribution in [0.4, 0.5) is 0 Å². The van der Waals surface area contributed by atoms with Crippen LogP contribution in [-0.2, 0) is 0 Å². The third-order valence-corrected chi connectivity index (χ3v) is 5.39. The van der Waals surface area contributed by atoms with Crippen LogP contribution in [0, 0.1) is 19.8 Å². The van der Waals surface area contributed by atoms with E-state index in [0.29, 0.717) is 0 Å². The van der Waals surface area contributed by atoms with Crippen molar-refractivity contribution in [1.82, 2.24) is 0 Å². The summed E-state index contributed by atoms with van der Waals surface area (Å²) in [6.45, 7) is 4.07. The lowest BCUT2D eigenvalue weighted by Crippen LogP contribution is -2.07. The summed E-state index contributed by atoms with van der Waals surface area (Å²) in [5, 5.41) is 10.6. The third-order valence-electron chi connectivity index (χ3n) is 4.57. The summed E-state index contributed by atoms with van der Waals surface area (Å²) in [7, 11) is 1.68. The maximum atomic E-state index is 10.6. The van der Waals surface area contributed by atoms with Gasteiger partial charge in [0.25, 0.3) is 0 Å². The Kier molecular flexibility index (Phi) is 5.50.